The fraction of sp³-hybridized carbons (Fsp3) is 0.167. The van der Waals surface area contributed by atoms with Crippen LogP contribution in [0.15, 0.2) is 48.7 Å². The zero-order valence-corrected chi connectivity index (χ0v) is 15.2. The third kappa shape index (κ3) is 4.23. The van der Waals surface area contributed by atoms with Crippen LogP contribution < -0.4 is 4.74 Å². The van der Waals surface area contributed by atoms with E-state index < -0.39 is 28.8 Å². The van der Waals surface area contributed by atoms with Crippen LogP contribution in [0.5, 0.6) is 5.75 Å². The molecular weight excluding hydrogens is 400 g/mol. The number of benzene rings is 2. The molecule has 28 heavy (non-hydrogen) atoms. The molecule has 10 heteroatoms. The van der Waals surface area contributed by atoms with Crippen molar-refractivity contribution in [2.75, 3.05) is 7.11 Å². The van der Waals surface area contributed by atoms with Crippen molar-refractivity contribution in [1.82, 2.24) is 9.55 Å². The molecule has 0 saturated carbocycles. The molecule has 1 heterocycles. The summed E-state index contributed by atoms with van der Waals surface area (Å²) < 4.78 is 79.4. The monoisotopic (exact) mass is 414 g/mol. The first-order valence-corrected chi connectivity index (χ1v) is 9.14. The maximum absolute atomic E-state index is 14.0. The molecule has 3 aromatic rings. The van der Waals surface area contributed by atoms with Crippen LogP contribution in [0.4, 0.5) is 17.6 Å². The van der Waals surface area contributed by atoms with Gasteiger partial charge < -0.3 is 9.29 Å². The van der Waals surface area contributed by atoms with Gasteiger partial charge in [-0.2, -0.15) is 13.2 Å². The van der Waals surface area contributed by atoms with Gasteiger partial charge >= 0.3 is 6.18 Å². The minimum atomic E-state index is -4.68. The molecule has 1 aromatic heterocycles. The van der Waals surface area contributed by atoms with Gasteiger partial charge in [0.25, 0.3) is 0 Å². The standard InChI is InChI=1S/C18H14F4N2O3S/c1-27-15-7-4-12(8-14(15)19)17-23-16(18(20,21)22)9-24(17)13-5-2-11(3-6-13)10-28(25)26/h2-9H,10H2,1H3,(H,25,26). The number of rotatable bonds is 5. The van der Waals surface area contributed by atoms with Gasteiger partial charge in [-0.15, -0.1) is 0 Å². The number of alkyl halides is 3. The Hall–Kier alpha value is -2.72. The van der Waals surface area contributed by atoms with Gasteiger partial charge in [-0.05, 0) is 35.9 Å². The van der Waals surface area contributed by atoms with Crippen LogP contribution in [0.1, 0.15) is 11.3 Å². The molecule has 3 rings (SSSR count). The number of aromatic nitrogens is 2. The van der Waals surface area contributed by atoms with Gasteiger partial charge in [0, 0.05) is 17.4 Å². The van der Waals surface area contributed by atoms with Gasteiger partial charge in [0.05, 0.1) is 12.9 Å². The molecule has 1 unspecified atom stereocenters. The molecule has 2 aromatic carbocycles. The highest BCUT2D eigenvalue weighted by Gasteiger charge is 2.35. The zero-order chi connectivity index (χ0) is 20.5. The average Bonchev–Trinajstić information content (AvgIpc) is 3.07. The third-order valence-corrected chi connectivity index (χ3v) is 4.49. The summed E-state index contributed by atoms with van der Waals surface area (Å²) in [4.78, 5) is 3.64. The number of hydrogen-bond acceptors (Lipinski definition) is 3. The maximum atomic E-state index is 14.0. The lowest BCUT2D eigenvalue weighted by Crippen LogP contribution is -2.05. The molecule has 0 amide bonds. The lowest BCUT2D eigenvalue weighted by atomic mass is 10.2. The van der Waals surface area contributed by atoms with E-state index in [1.165, 1.54) is 48.1 Å². The van der Waals surface area contributed by atoms with Crippen LogP contribution in [0.2, 0.25) is 0 Å². The topological polar surface area (TPSA) is 64.4 Å². The Balaban J connectivity index is 2.11. The van der Waals surface area contributed by atoms with E-state index in [2.05, 4.69) is 4.98 Å². The molecule has 0 spiro atoms. The molecule has 148 valence electrons. The number of methoxy groups -OCH3 is 1. The van der Waals surface area contributed by atoms with Crippen molar-refractivity contribution >= 4 is 11.1 Å². The molecule has 0 aliphatic heterocycles. The Labute approximate surface area is 159 Å². The molecule has 0 radical (unpaired) electrons. The molecule has 0 aliphatic carbocycles. The van der Waals surface area contributed by atoms with Crippen molar-refractivity contribution in [3.05, 3.63) is 65.7 Å². The predicted octanol–water partition coefficient (Wildman–Crippen LogP) is 4.43. The van der Waals surface area contributed by atoms with Crippen molar-refractivity contribution in [3.8, 4) is 22.8 Å². The van der Waals surface area contributed by atoms with Gasteiger partial charge in [-0.3, -0.25) is 4.57 Å². The average molecular weight is 414 g/mol. The number of nitrogens with zero attached hydrogens (tertiary/aromatic N) is 2. The van der Waals surface area contributed by atoms with Crippen LogP contribution >= 0.6 is 0 Å². The largest absolute Gasteiger partial charge is 0.494 e. The molecule has 0 fully saturated rings. The highest BCUT2D eigenvalue weighted by molar-refractivity contribution is 7.78. The van der Waals surface area contributed by atoms with Gasteiger partial charge in [-0.25, -0.2) is 13.6 Å². The van der Waals surface area contributed by atoms with Crippen LogP contribution in [-0.4, -0.2) is 25.4 Å². The Bertz CT molecular complexity index is 1020. The van der Waals surface area contributed by atoms with Gasteiger partial charge in [0.15, 0.2) is 28.3 Å². The normalized spacial score (nSPS) is 12.8. The van der Waals surface area contributed by atoms with Crippen molar-refractivity contribution in [2.45, 2.75) is 11.9 Å². The minimum absolute atomic E-state index is 0.0424. The minimum Gasteiger partial charge on any atom is -0.494 e. The highest BCUT2D eigenvalue weighted by Crippen LogP contribution is 2.33. The van der Waals surface area contributed by atoms with E-state index in [0.717, 1.165) is 12.3 Å². The number of hydrogen-bond donors (Lipinski definition) is 1. The van der Waals surface area contributed by atoms with Crippen LogP contribution in [0.3, 0.4) is 0 Å². The van der Waals surface area contributed by atoms with Crippen molar-refractivity contribution in [1.29, 1.82) is 0 Å². The number of imidazole rings is 1. The summed E-state index contributed by atoms with van der Waals surface area (Å²) in [5, 5.41) is 0. The summed E-state index contributed by atoms with van der Waals surface area (Å²) >= 11 is -2.04. The molecular formula is C18H14F4N2O3S. The Kier molecular flexibility index (Phi) is 5.52. The van der Waals surface area contributed by atoms with E-state index in [1.807, 2.05) is 0 Å². The van der Waals surface area contributed by atoms with E-state index in [9.17, 15) is 21.8 Å². The second-order valence-corrected chi connectivity index (χ2v) is 6.73. The van der Waals surface area contributed by atoms with Gasteiger partial charge in [0.2, 0.25) is 0 Å². The van der Waals surface area contributed by atoms with E-state index in [4.69, 9.17) is 9.29 Å². The summed E-state index contributed by atoms with van der Waals surface area (Å²) in [5.74, 6) is -0.982. The number of ether oxygens (including phenoxy) is 1. The molecule has 5 nitrogen and oxygen atoms in total. The fourth-order valence-electron chi connectivity index (χ4n) is 2.62. The van der Waals surface area contributed by atoms with Crippen LogP contribution in [-0.2, 0) is 23.0 Å². The molecule has 1 N–H and O–H groups in total. The zero-order valence-electron chi connectivity index (χ0n) is 14.4. The first-order valence-electron chi connectivity index (χ1n) is 7.86. The van der Waals surface area contributed by atoms with Crippen LogP contribution in [0.25, 0.3) is 17.1 Å². The summed E-state index contributed by atoms with van der Waals surface area (Å²) in [7, 11) is 1.28. The van der Waals surface area contributed by atoms with Crippen molar-refractivity contribution in [2.24, 2.45) is 0 Å². The van der Waals surface area contributed by atoms with Gasteiger partial charge in [-0.1, -0.05) is 12.1 Å². The van der Waals surface area contributed by atoms with E-state index >= 15 is 0 Å². The second-order valence-electron chi connectivity index (χ2n) is 5.80. The quantitative estimate of drug-likeness (QED) is 0.496. The predicted molar refractivity (Wildman–Crippen MR) is 95.0 cm³/mol. The van der Waals surface area contributed by atoms with E-state index in [-0.39, 0.29) is 22.9 Å². The fourth-order valence-corrected chi connectivity index (χ4v) is 3.10. The summed E-state index contributed by atoms with van der Waals surface area (Å²) in [6.45, 7) is 0. The van der Waals surface area contributed by atoms with Gasteiger partial charge in [0.1, 0.15) is 5.82 Å². The first-order chi connectivity index (χ1) is 13.2. The molecule has 0 bridgehead atoms. The Morgan fingerprint density at radius 1 is 1.18 bits per heavy atom. The molecule has 0 aliphatic rings. The summed E-state index contributed by atoms with van der Waals surface area (Å²) in [6.07, 6.45) is -3.87. The number of halogens is 4. The van der Waals surface area contributed by atoms with Crippen molar-refractivity contribution < 1.29 is 31.1 Å². The second kappa shape index (κ2) is 7.72. The molecule has 1 atom stereocenters. The molecule has 0 saturated heterocycles. The Morgan fingerprint density at radius 2 is 1.86 bits per heavy atom. The van der Waals surface area contributed by atoms with Crippen LogP contribution in [0, 0.1) is 5.82 Å². The summed E-state index contributed by atoms with van der Waals surface area (Å²) in [6, 6.07) is 9.78. The highest BCUT2D eigenvalue weighted by atomic mass is 32.2. The van der Waals surface area contributed by atoms with E-state index in [1.54, 1.807) is 0 Å². The van der Waals surface area contributed by atoms with E-state index in [0.29, 0.717) is 11.3 Å². The maximum Gasteiger partial charge on any atom is 0.434 e. The SMILES string of the molecule is COc1ccc(-c2nc(C(F)(F)F)cn2-c2ccc(CS(=O)O)cc2)cc1F. The lowest BCUT2D eigenvalue weighted by molar-refractivity contribution is -0.140. The Morgan fingerprint density at radius 3 is 2.39 bits per heavy atom. The summed E-state index contributed by atoms with van der Waals surface area (Å²) in [5.41, 5.74) is -0.118. The first kappa shape index (κ1) is 20.0. The lowest BCUT2D eigenvalue weighted by Gasteiger charge is -2.10. The van der Waals surface area contributed by atoms with Crippen molar-refractivity contribution in [3.63, 3.8) is 0 Å². The third-order valence-electron chi connectivity index (χ3n) is 3.91. The smallest absolute Gasteiger partial charge is 0.434 e.